The monoisotopic (exact) mass is 514 g/mol. The topological polar surface area (TPSA) is 70.9 Å². The first-order valence-electron chi connectivity index (χ1n) is 10.4. The number of fused-ring (bicyclic) bond motifs is 1. The molecule has 0 bridgehead atoms. The molecule has 0 saturated carbocycles. The number of alkyl halides is 3. The van der Waals surface area contributed by atoms with Crippen molar-refractivity contribution in [1.82, 2.24) is 5.32 Å². The zero-order chi connectivity index (χ0) is 25.0. The summed E-state index contributed by atoms with van der Waals surface area (Å²) in [6.07, 6.45) is -2.72. The summed E-state index contributed by atoms with van der Waals surface area (Å²) in [5, 5.41) is 15.7. The molecule has 1 amide bonds. The highest BCUT2D eigenvalue weighted by molar-refractivity contribution is 6.35. The van der Waals surface area contributed by atoms with Gasteiger partial charge in [0.1, 0.15) is 5.71 Å². The molecule has 0 aromatic heterocycles. The smallest absolute Gasteiger partial charge is 0.410 e. The predicted octanol–water partition coefficient (Wildman–Crippen LogP) is 6.35. The molecule has 2 atom stereocenters. The second-order valence-electron chi connectivity index (χ2n) is 8.02. The number of nitrogens with one attached hydrogen (secondary N) is 1. The zero-order valence-corrected chi connectivity index (χ0v) is 19.9. The number of methoxy groups -OCH3 is 1. The summed E-state index contributed by atoms with van der Waals surface area (Å²) in [7, 11) is 1.53. The Balaban J connectivity index is 1.90. The summed E-state index contributed by atoms with van der Waals surface area (Å²) >= 11 is 11.8. The second kappa shape index (κ2) is 10.8. The Morgan fingerprint density at radius 3 is 2.50 bits per heavy atom. The van der Waals surface area contributed by atoms with E-state index in [9.17, 15) is 23.2 Å². The third kappa shape index (κ3) is 6.31. The summed E-state index contributed by atoms with van der Waals surface area (Å²) in [5.41, 5.74) is 0.462. The van der Waals surface area contributed by atoms with Crippen LogP contribution in [0.2, 0.25) is 10.0 Å². The molecule has 2 aromatic carbocycles. The molecule has 1 aliphatic carbocycles. The number of carbonyl (C=O) groups excluding carboxylic acids is 1. The van der Waals surface area contributed by atoms with Gasteiger partial charge in [-0.15, -0.1) is 0 Å². The fraction of sp³-hybridized carbons (Fsp3) is 0.333. The van der Waals surface area contributed by atoms with Crippen LogP contribution >= 0.6 is 23.2 Å². The van der Waals surface area contributed by atoms with Gasteiger partial charge in [-0.1, -0.05) is 40.5 Å². The van der Waals surface area contributed by atoms with Crippen LogP contribution in [0.5, 0.6) is 0 Å². The van der Waals surface area contributed by atoms with E-state index in [1.807, 2.05) is 0 Å². The third-order valence-electron chi connectivity index (χ3n) is 5.59. The minimum Gasteiger partial charge on any atom is -0.410 e. The zero-order valence-electron chi connectivity index (χ0n) is 18.4. The van der Waals surface area contributed by atoms with Crippen LogP contribution in [0.25, 0.3) is 5.57 Å². The summed E-state index contributed by atoms with van der Waals surface area (Å²) in [6, 6.07) is 8.36. The molecule has 182 valence electrons. The maximum absolute atomic E-state index is 13.8. The van der Waals surface area contributed by atoms with Crippen LogP contribution in [0.15, 0.2) is 47.6 Å². The van der Waals surface area contributed by atoms with Gasteiger partial charge in [-0.2, -0.15) is 13.2 Å². The Bertz CT molecular complexity index is 1110. The first kappa shape index (κ1) is 26.1. The molecule has 10 heteroatoms. The van der Waals surface area contributed by atoms with Crippen molar-refractivity contribution < 1.29 is 27.9 Å². The largest absolute Gasteiger partial charge is 0.417 e. The number of nitrogens with zero attached hydrogens (tertiary/aromatic N) is 1. The molecule has 34 heavy (non-hydrogen) atoms. The van der Waals surface area contributed by atoms with Crippen molar-refractivity contribution in [2.75, 3.05) is 7.11 Å². The molecule has 0 fully saturated rings. The van der Waals surface area contributed by atoms with E-state index in [4.69, 9.17) is 27.9 Å². The number of amides is 1. The van der Waals surface area contributed by atoms with Crippen molar-refractivity contribution in [1.29, 1.82) is 0 Å². The molecular formula is C24H23Cl2F3N2O3. The van der Waals surface area contributed by atoms with Gasteiger partial charge >= 0.3 is 6.18 Å². The fourth-order valence-corrected chi connectivity index (χ4v) is 4.40. The quantitative estimate of drug-likeness (QED) is 0.257. The number of aryl methyl sites for hydroxylation is 1. The molecule has 0 aliphatic heterocycles. The lowest BCUT2D eigenvalue weighted by atomic mass is 9.98. The van der Waals surface area contributed by atoms with Crippen LogP contribution in [0, 0.1) is 0 Å². The van der Waals surface area contributed by atoms with Crippen LogP contribution in [0.3, 0.4) is 0 Å². The number of allylic oxidation sites excluding steroid dienone is 2. The van der Waals surface area contributed by atoms with E-state index in [1.54, 1.807) is 25.1 Å². The van der Waals surface area contributed by atoms with Gasteiger partial charge < -0.3 is 15.3 Å². The number of halogens is 5. The van der Waals surface area contributed by atoms with Crippen molar-refractivity contribution in [3.05, 3.63) is 74.8 Å². The second-order valence-corrected chi connectivity index (χ2v) is 8.89. The Labute approximate surface area is 205 Å². The van der Waals surface area contributed by atoms with Gasteiger partial charge in [0, 0.05) is 22.7 Å². The SMILES string of the molecule is COC(C)CC(=O)NC1CCc2cc(C(/C=C(/c3cc(Cl)cc(Cl)c3)C(F)(F)F)=NO)ccc21. The van der Waals surface area contributed by atoms with Crippen molar-refractivity contribution in [2.45, 2.75) is 44.5 Å². The third-order valence-corrected chi connectivity index (χ3v) is 6.03. The van der Waals surface area contributed by atoms with Crippen LogP contribution in [-0.4, -0.2) is 36.2 Å². The minimum atomic E-state index is -4.75. The molecule has 2 unspecified atom stereocenters. The number of ether oxygens (including phenoxy) is 1. The lowest BCUT2D eigenvalue weighted by molar-refractivity contribution is -0.124. The Kier molecular flexibility index (Phi) is 8.28. The lowest BCUT2D eigenvalue weighted by Crippen LogP contribution is -2.30. The Hall–Kier alpha value is -2.55. The minimum absolute atomic E-state index is 0.0469. The maximum atomic E-state index is 13.8. The standard InChI is InChI=1S/C24H23Cl2F3N2O3/c1-13(34-2)7-23(32)30-21-6-4-14-8-15(3-5-19(14)21)22(31-33)12-20(24(27,28)29)16-9-17(25)11-18(26)10-16/h3,5,8-13,21,33H,4,6-7H2,1-2H3,(H,30,32)/b20-12-,31-22?. The molecule has 2 N–H and O–H groups in total. The highest BCUT2D eigenvalue weighted by Gasteiger charge is 2.35. The highest BCUT2D eigenvalue weighted by atomic mass is 35.5. The van der Waals surface area contributed by atoms with Crippen LogP contribution < -0.4 is 5.32 Å². The molecule has 5 nitrogen and oxygen atoms in total. The van der Waals surface area contributed by atoms with Gasteiger partial charge in [-0.3, -0.25) is 4.79 Å². The van der Waals surface area contributed by atoms with E-state index < -0.39 is 11.7 Å². The first-order chi connectivity index (χ1) is 16.0. The van der Waals surface area contributed by atoms with Gasteiger partial charge in [-0.05, 0) is 66.8 Å². The summed E-state index contributed by atoms with van der Waals surface area (Å²) in [6.45, 7) is 1.80. The van der Waals surface area contributed by atoms with Gasteiger partial charge in [0.2, 0.25) is 5.91 Å². The van der Waals surface area contributed by atoms with Gasteiger partial charge in [0.15, 0.2) is 0 Å². The molecule has 0 saturated heterocycles. The van der Waals surface area contributed by atoms with Crippen molar-refractivity contribution >= 4 is 40.4 Å². The van der Waals surface area contributed by atoms with Crippen molar-refractivity contribution in [3.8, 4) is 0 Å². The number of hydrogen-bond acceptors (Lipinski definition) is 4. The van der Waals surface area contributed by atoms with Crippen LogP contribution in [-0.2, 0) is 16.0 Å². The van der Waals surface area contributed by atoms with Crippen molar-refractivity contribution in [3.63, 3.8) is 0 Å². The molecule has 0 heterocycles. The summed E-state index contributed by atoms with van der Waals surface area (Å²) in [5.74, 6) is -0.146. The highest BCUT2D eigenvalue weighted by Crippen LogP contribution is 2.37. The number of rotatable bonds is 7. The molecular weight excluding hydrogens is 492 g/mol. The molecule has 0 spiro atoms. The van der Waals surface area contributed by atoms with E-state index in [0.29, 0.717) is 18.4 Å². The lowest BCUT2D eigenvalue weighted by Gasteiger charge is -2.16. The van der Waals surface area contributed by atoms with E-state index in [0.717, 1.165) is 29.3 Å². The van der Waals surface area contributed by atoms with E-state index in [-0.39, 0.29) is 45.8 Å². The van der Waals surface area contributed by atoms with Crippen LogP contribution in [0.4, 0.5) is 13.2 Å². The molecule has 0 radical (unpaired) electrons. The first-order valence-corrected chi connectivity index (χ1v) is 11.2. The normalized spacial score (nSPS) is 17.4. The molecule has 1 aliphatic rings. The number of carbonyl (C=O) groups is 1. The summed E-state index contributed by atoms with van der Waals surface area (Å²) < 4.78 is 46.7. The number of benzene rings is 2. The summed E-state index contributed by atoms with van der Waals surface area (Å²) in [4.78, 5) is 12.2. The number of hydrogen-bond donors (Lipinski definition) is 2. The predicted molar refractivity (Wildman–Crippen MR) is 126 cm³/mol. The molecule has 2 aromatic rings. The Morgan fingerprint density at radius 2 is 1.91 bits per heavy atom. The van der Waals surface area contributed by atoms with Gasteiger partial charge in [-0.25, -0.2) is 0 Å². The molecule has 3 rings (SSSR count). The van der Waals surface area contributed by atoms with E-state index in [1.165, 1.54) is 13.2 Å². The van der Waals surface area contributed by atoms with Crippen molar-refractivity contribution in [2.24, 2.45) is 5.16 Å². The van der Waals surface area contributed by atoms with Crippen LogP contribution in [0.1, 0.15) is 48.1 Å². The maximum Gasteiger partial charge on any atom is 0.417 e. The fourth-order valence-electron chi connectivity index (χ4n) is 3.87. The Morgan fingerprint density at radius 1 is 1.24 bits per heavy atom. The van der Waals surface area contributed by atoms with Gasteiger partial charge in [0.05, 0.1) is 24.1 Å². The van der Waals surface area contributed by atoms with E-state index in [2.05, 4.69) is 10.5 Å². The number of oxime groups is 1. The van der Waals surface area contributed by atoms with Gasteiger partial charge in [0.25, 0.3) is 0 Å². The average molecular weight is 515 g/mol. The average Bonchev–Trinajstić information content (AvgIpc) is 3.14. The van der Waals surface area contributed by atoms with E-state index >= 15 is 0 Å².